The molecule has 0 unspecified atom stereocenters. The zero-order valence-electron chi connectivity index (χ0n) is 19.7. The van der Waals surface area contributed by atoms with E-state index in [9.17, 15) is 23.3 Å². The Kier molecular flexibility index (Phi) is 6.60. The third-order valence-corrected chi connectivity index (χ3v) is 7.93. The van der Waals surface area contributed by atoms with Crippen LogP contribution < -0.4 is 4.90 Å². The van der Waals surface area contributed by atoms with Gasteiger partial charge in [-0.15, -0.1) is 0 Å². The van der Waals surface area contributed by atoms with Gasteiger partial charge in [0.05, 0.1) is 28.5 Å². The van der Waals surface area contributed by atoms with Gasteiger partial charge in [-0.3, -0.25) is 14.9 Å². The average molecular weight is 518 g/mol. The van der Waals surface area contributed by atoms with Gasteiger partial charge in [-0.05, 0) is 42.5 Å². The number of nitro groups is 1. The van der Waals surface area contributed by atoms with E-state index in [1.165, 1.54) is 24.4 Å². The Hall–Kier alpha value is -4.28. The lowest BCUT2D eigenvalue weighted by molar-refractivity contribution is -0.384. The Balaban J connectivity index is 1.60. The SMILES string of the molecule is O=C(/C=C/c1cn(S(=O)(=O)c2ccc([N+](=O)[O-])cc2)c2ccc(N3CCOCC3)cc12)c1ccccc1. The molecule has 3 aromatic carbocycles. The minimum Gasteiger partial charge on any atom is -0.378 e. The molecule has 1 aromatic heterocycles. The van der Waals surface area contributed by atoms with Crippen LogP contribution in [0.15, 0.2) is 90.0 Å². The number of hydrogen-bond donors (Lipinski definition) is 0. The fourth-order valence-corrected chi connectivity index (χ4v) is 5.66. The molecular formula is C27H23N3O6S. The number of carbonyl (C=O) groups is 1. The summed E-state index contributed by atoms with van der Waals surface area (Å²) in [7, 11) is -4.07. The molecule has 0 aliphatic carbocycles. The number of nitro benzene ring substituents is 1. The molecule has 0 N–H and O–H groups in total. The molecule has 0 radical (unpaired) electrons. The van der Waals surface area contributed by atoms with Crippen molar-refractivity contribution in [3.05, 3.63) is 106 Å². The summed E-state index contributed by atoms with van der Waals surface area (Å²) < 4.78 is 33.7. The summed E-state index contributed by atoms with van der Waals surface area (Å²) >= 11 is 0. The number of allylic oxidation sites excluding steroid dienone is 1. The molecule has 4 aromatic rings. The summed E-state index contributed by atoms with van der Waals surface area (Å²) in [6, 6.07) is 19.1. The van der Waals surface area contributed by atoms with Gasteiger partial charge in [0.15, 0.2) is 5.78 Å². The van der Waals surface area contributed by atoms with Gasteiger partial charge in [0.2, 0.25) is 0 Å². The van der Waals surface area contributed by atoms with Crippen molar-refractivity contribution >= 4 is 44.2 Å². The van der Waals surface area contributed by atoms with Crippen LogP contribution in [-0.2, 0) is 14.8 Å². The van der Waals surface area contributed by atoms with Gasteiger partial charge in [0, 0.05) is 53.6 Å². The maximum atomic E-state index is 13.6. The van der Waals surface area contributed by atoms with Gasteiger partial charge in [-0.25, -0.2) is 12.4 Å². The molecule has 0 bridgehead atoms. The van der Waals surface area contributed by atoms with Crippen LogP contribution >= 0.6 is 0 Å². The first kappa shape index (κ1) is 24.4. The summed E-state index contributed by atoms with van der Waals surface area (Å²) in [5.41, 5.74) is 2.23. The lowest BCUT2D eigenvalue weighted by atomic mass is 10.1. The van der Waals surface area contributed by atoms with Crippen molar-refractivity contribution in [1.82, 2.24) is 3.97 Å². The Morgan fingerprint density at radius 1 is 0.973 bits per heavy atom. The molecule has 1 aliphatic rings. The number of nitrogens with zero attached hydrogens (tertiary/aromatic N) is 3. The first-order valence-electron chi connectivity index (χ1n) is 11.6. The zero-order chi connectivity index (χ0) is 26.0. The van der Waals surface area contributed by atoms with Gasteiger partial charge in [0.1, 0.15) is 0 Å². The van der Waals surface area contributed by atoms with Gasteiger partial charge < -0.3 is 9.64 Å². The highest BCUT2D eigenvalue weighted by Crippen LogP contribution is 2.31. The molecule has 37 heavy (non-hydrogen) atoms. The number of benzene rings is 3. The Bertz CT molecular complexity index is 1600. The highest BCUT2D eigenvalue weighted by Gasteiger charge is 2.23. The summed E-state index contributed by atoms with van der Waals surface area (Å²) in [6.45, 7) is 2.63. The molecule has 0 atom stereocenters. The fourth-order valence-electron chi connectivity index (χ4n) is 4.28. The normalized spacial score (nSPS) is 14.3. The molecule has 9 nitrogen and oxygen atoms in total. The van der Waals surface area contributed by atoms with E-state index < -0.39 is 14.9 Å². The molecule has 0 saturated carbocycles. The monoisotopic (exact) mass is 517 g/mol. The molecule has 0 spiro atoms. The van der Waals surface area contributed by atoms with E-state index in [-0.39, 0.29) is 16.4 Å². The maximum absolute atomic E-state index is 13.6. The fraction of sp³-hybridized carbons (Fsp3) is 0.148. The minimum atomic E-state index is -4.07. The van der Waals surface area contributed by atoms with E-state index in [2.05, 4.69) is 4.90 Å². The summed E-state index contributed by atoms with van der Waals surface area (Å²) in [5, 5.41) is 11.7. The highest BCUT2D eigenvalue weighted by atomic mass is 32.2. The summed E-state index contributed by atoms with van der Waals surface area (Å²) in [4.78, 5) is 25.2. The predicted molar refractivity (Wildman–Crippen MR) is 140 cm³/mol. The Labute approximate surface area is 213 Å². The van der Waals surface area contributed by atoms with Crippen molar-refractivity contribution in [3.8, 4) is 0 Å². The number of fused-ring (bicyclic) bond motifs is 1. The second kappa shape index (κ2) is 10.00. The largest absolute Gasteiger partial charge is 0.378 e. The Morgan fingerprint density at radius 3 is 2.35 bits per heavy atom. The van der Waals surface area contributed by atoms with E-state index >= 15 is 0 Å². The van der Waals surface area contributed by atoms with E-state index in [4.69, 9.17) is 4.74 Å². The van der Waals surface area contributed by atoms with Crippen LogP contribution in [-0.4, -0.2) is 49.4 Å². The van der Waals surface area contributed by atoms with Crippen LogP contribution in [0.2, 0.25) is 0 Å². The molecule has 1 aliphatic heterocycles. The molecule has 10 heteroatoms. The van der Waals surface area contributed by atoms with Crippen molar-refractivity contribution in [3.63, 3.8) is 0 Å². The van der Waals surface area contributed by atoms with Crippen LogP contribution in [0.25, 0.3) is 17.0 Å². The molecule has 0 amide bonds. The third-order valence-electron chi connectivity index (χ3n) is 6.24. The molecule has 5 rings (SSSR count). The maximum Gasteiger partial charge on any atom is 0.269 e. The van der Waals surface area contributed by atoms with Crippen LogP contribution in [0, 0.1) is 10.1 Å². The molecule has 1 saturated heterocycles. The lowest BCUT2D eigenvalue weighted by Crippen LogP contribution is -2.36. The highest BCUT2D eigenvalue weighted by molar-refractivity contribution is 7.90. The number of ether oxygens (including phenoxy) is 1. The van der Waals surface area contributed by atoms with E-state index in [1.807, 2.05) is 18.2 Å². The van der Waals surface area contributed by atoms with E-state index in [1.54, 1.807) is 36.4 Å². The topological polar surface area (TPSA) is 112 Å². The number of aromatic nitrogens is 1. The number of ketones is 1. The van der Waals surface area contributed by atoms with Crippen molar-refractivity contribution in [2.24, 2.45) is 0 Å². The second-order valence-corrected chi connectivity index (χ2v) is 10.3. The standard InChI is InChI=1S/C27H23N3O6S/c31-27(20-4-2-1-3-5-20)13-6-21-19-29(37(34,35)24-10-7-22(8-11-24)30(32)33)26-12-9-23(18-25(21)26)28-14-16-36-17-15-28/h1-13,18-19H,14-17H2/b13-6+. The van der Waals surface area contributed by atoms with Crippen molar-refractivity contribution in [2.45, 2.75) is 4.90 Å². The number of anilines is 1. The summed E-state index contributed by atoms with van der Waals surface area (Å²) in [6.07, 6.45) is 4.51. The van der Waals surface area contributed by atoms with Crippen LogP contribution in [0.5, 0.6) is 0 Å². The van der Waals surface area contributed by atoms with Crippen molar-refractivity contribution in [2.75, 3.05) is 31.2 Å². The van der Waals surface area contributed by atoms with E-state index in [0.717, 1.165) is 21.8 Å². The molecule has 1 fully saturated rings. The number of carbonyl (C=O) groups excluding carboxylic acids is 1. The quantitative estimate of drug-likeness (QED) is 0.153. The smallest absolute Gasteiger partial charge is 0.269 e. The van der Waals surface area contributed by atoms with E-state index in [0.29, 0.717) is 48.3 Å². The van der Waals surface area contributed by atoms with Gasteiger partial charge in [-0.2, -0.15) is 0 Å². The van der Waals surface area contributed by atoms with Crippen LogP contribution in [0.1, 0.15) is 15.9 Å². The van der Waals surface area contributed by atoms with Crippen molar-refractivity contribution < 1.29 is 22.9 Å². The van der Waals surface area contributed by atoms with Crippen LogP contribution in [0.3, 0.4) is 0 Å². The minimum absolute atomic E-state index is 0.0804. The zero-order valence-corrected chi connectivity index (χ0v) is 20.5. The second-order valence-electron chi connectivity index (χ2n) is 8.50. The van der Waals surface area contributed by atoms with Crippen molar-refractivity contribution in [1.29, 1.82) is 0 Å². The van der Waals surface area contributed by atoms with Gasteiger partial charge in [-0.1, -0.05) is 30.3 Å². The molecular weight excluding hydrogens is 494 g/mol. The predicted octanol–water partition coefficient (Wildman–Crippen LogP) is 4.52. The average Bonchev–Trinajstić information content (AvgIpc) is 3.31. The molecule has 2 heterocycles. The van der Waals surface area contributed by atoms with Gasteiger partial charge in [0.25, 0.3) is 15.7 Å². The number of non-ortho nitro benzene ring substituents is 1. The summed E-state index contributed by atoms with van der Waals surface area (Å²) in [5.74, 6) is -0.205. The van der Waals surface area contributed by atoms with Gasteiger partial charge >= 0.3 is 0 Å². The lowest BCUT2D eigenvalue weighted by Gasteiger charge is -2.29. The first-order valence-corrected chi connectivity index (χ1v) is 13.0. The number of morpholine rings is 1. The number of rotatable bonds is 7. The third kappa shape index (κ3) is 4.89. The molecule has 188 valence electrons. The number of hydrogen-bond acceptors (Lipinski definition) is 7. The first-order chi connectivity index (χ1) is 17.8. The van der Waals surface area contributed by atoms with Crippen LogP contribution in [0.4, 0.5) is 11.4 Å². The Morgan fingerprint density at radius 2 is 1.68 bits per heavy atom.